The first-order chi connectivity index (χ1) is 13.6. The molecular weight excluding hydrogens is 444 g/mol. The van der Waals surface area contributed by atoms with Crippen molar-refractivity contribution in [3.63, 3.8) is 0 Å². The van der Waals surface area contributed by atoms with Crippen molar-refractivity contribution in [1.29, 1.82) is 5.41 Å². The smallest absolute Gasteiger partial charge is 0.283 e. The zero-order valence-electron chi connectivity index (χ0n) is 15.7. The third-order valence-electron chi connectivity index (χ3n) is 3.87. The van der Waals surface area contributed by atoms with E-state index in [1.807, 2.05) is 13.0 Å². The normalized spacial score (nSPS) is 17.5. The number of rotatable bonds is 8. The second-order valence-electron chi connectivity index (χ2n) is 5.94. The number of carbonyl (C=O) groups excluding carboxylic acids is 1. The van der Waals surface area contributed by atoms with Crippen LogP contribution >= 0.6 is 27.7 Å². The minimum absolute atomic E-state index is 0.0335. The fraction of sp³-hybridized carbons (Fsp3) is 0.368. The Hall–Kier alpha value is -2.13. The maximum Gasteiger partial charge on any atom is 0.283 e. The summed E-state index contributed by atoms with van der Waals surface area (Å²) in [6.07, 6.45) is 3.38. The van der Waals surface area contributed by atoms with Crippen LogP contribution in [0.4, 0.5) is 0 Å². The van der Waals surface area contributed by atoms with Crippen LogP contribution in [0, 0.1) is 5.41 Å². The Kier molecular flexibility index (Phi) is 6.90. The molecule has 2 aliphatic rings. The Morgan fingerprint density at radius 2 is 2.11 bits per heavy atom. The topological polar surface area (TPSA) is 87.3 Å². The largest absolute Gasteiger partial charge is 0.490 e. The highest BCUT2D eigenvalue weighted by molar-refractivity contribution is 9.09. The molecule has 0 atom stereocenters. The van der Waals surface area contributed by atoms with Crippen LogP contribution in [-0.4, -0.2) is 45.5 Å². The molecule has 0 spiro atoms. The van der Waals surface area contributed by atoms with Crippen LogP contribution in [0.1, 0.15) is 32.3 Å². The van der Waals surface area contributed by atoms with Gasteiger partial charge in [0.25, 0.3) is 5.91 Å². The molecule has 1 aromatic carbocycles. The lowest BCUT2D eigenvalue weighted by Gasteiger charge is -2.20. The number of ether oxygens (including phenoxy) is 2. The number of aliphatic imine (C=N–C) groups is 1. The van der Waals surface area contributed by atoms with E-state index >= 15 is 0 Å². The van der Waals surface area contributed by atoms with E-state index in [2.05, 4.69) is 32.9 Å². The molecule has 0 saturated heterocycles. The number of halogens is 1. The van der Waals surface area contributed by atoms with Crippen LogP contribution < -0.4 is 9.47 Å². The third-order valence-corrected chi connectivity index (χ3v) is 5.17. The van der Waals surface area contributed by atoms with Gasteiger partial charge in [-0.25, -0.2) is 0 Å². The number of thioether (sulfide) groups is 1. The average Bonchev–Trinajstić information content (AvgIpc) is 3.07. The van der Waals surface area contributed by atoms with Gasteiger partial charge in [-0.2, -0.15) is 15.1 Å². The fourth-order valence-corrected chi connectivity index (χ4v) is 3.81. The standard InChI is InChI=1S/C19H21BrN4O3S/c1-3-5-16-23-24-17(21)13(18(25)22-19(24)28-16)10-12-6-7-14(27-9-8-20)15(11-12)26-4-2/h6-7,10-11,21H,3-5,8-9H2,1-2H3/b13-10-,21-17?. The predicted octanol–water partition coefficient (Wildman–Crippen LogP) is 4.28. The Labute approximate surface area is 176 Å². The number of nitrogens with one attached hydrogen (secondary N) is 1. The number of hydrogen-bond acceptors (Lipinski definition) is 6. The molecule has 1 N–H and O–H groups in total. The molecule has 1 amide bonds. The van der Waals surface area contributed by atoms with Crippen LogP contribution in [0.3, 0.4) is 0 Å². The number of carbonyl (C=O) groups is 1. The van der Waals surface area contributed by atoms with Crippen LogP contribution in [0.15, 0.2) is 33.9 Å². The van der Waals surface area contributed by atoms with Crippen LogP contribution in [-0.2, 0) is 4.79 Å². The van der Waals surface area contributed by atoms with Crippen molar-refractivity contribution >= 4 is 55.7 Å². The van der Waals surface area contributed by atoms with E-state index in [4.69, 9.17) is 14.9 Å². The number of amides is 1. The van der Waals surface area contributed by atoms with E-state index in [-0.39, 0.29) is 11.4 Å². The van der Waals surface area contributed by atoms with Crippen molar-refractivity contribution in [1.82, 2.24) is 5.01 Å². The molecular formula is C19H21BrN4O3S. The van der Waals surface area contributed by atoms with E-state index in [9.17, 15) is 4.79 Å². The molecule has 28 heavy (non-hydrogen) atoms. The van der Waals surface area contributed by atoms with E-state index in [0.29, 0.717) is 35.2 Å². The van der Waals surface area contributed by atoms with Gasteiger partial charge in [0.1, 0.15) is 5.04 Å². The number of fused-ring (bicyclic) bond motifs is 1. The summed E-state index contributed by atoms with van der Waals surface area (Å²) >= 11 is 4.68. The highest BCUT2D eigenvalue weighted by atomic mass is 79.9. The summed E-state index contributed by atoms with van der Waals surface area (Å²) in [5, 5.41) is 16.3. The Balaban J connectivity index is 1.89. The van der Waals surface area contributed by atoms with Crippen LogP contribution in [0.25, 0.3) is 6.08 Å². The Morgan fingerprint density at radius 3 is 2.82 bits per heavy atom. The van der Waals surface area contributed by atoms with Gasteiger partial charge in [0, 0.05) is 5.33 Å². The Morgan fingerprint density at radius 1 is 1.29 bits per heavy atom. The number of alkyl halides is 1. The Bertz CT molecular complexity index is 882. The molecule has 0 aliphatic carbocycles. The lowest BCUT2D eigenvalue weighted by atomic mass is 10.1. The van der Waals surface area contributed by atoms with Gasteiger partial charge in [-0.1, -0.05) is 28.9 Å². The zero-order valence-corrected chi connectivity index (χ0v) is 18.1. The zero-order chi connectivity index (χ0) is 20.1. The second kappa shape index (κ2) is 9.38. The molecule has 7 nitrogen and oxygen atoms in total. The molecule has 0 saturated carbocycles. The molecule has 2 aliphatic heterocycles. The van der Waals surface area contributed by atoms with Crippen molar-refractivity contribution in [2.24, 2.45) is 10.1 Å². The van der Waals surface area contributed by atoms with Gasteiger partial charge in [-0.3, -0.25) is 10.2 Å². The van der Waals surface area contributed by atoms with Gasteiger partial charge >= 0.3 is 0 Å². The predicted molar refractivity (Wildman–Crippen MR) is 117 cm³/mol. The quantitative estimate of drug-likeness (QED) is 0.458. The average molecular weight is 465 g/mol. The summed E-state index contributed by atoms with van der Waals surface area (Å²) < 4.78 is 11.3. The van der Waals surface area contributed by atoms with Gasteiger partial charge in [-0.15, -0.1) is 0 Å². The van der Waals surface area contributed by atoms with Crippen molar-refractivity contribution in [3.8, 4) is 11.5 Å². The van der Waals surface area contributed by atoms with Crippen molar-refractivity contribution in [2.75, 3.05) is 18.5 Å². The highest BCUT2D eigenvalue weighted by Crippen LogP contribution is 2.32. The molecule has 148 valence electrons. The van der Waals surface area contributed by atoms with E-state index in [1.54, 1.807) is 18.2 Å². The molecule has 0 bridgehead atoms. The van der Waals surface area contributed by atoms with Gasteiger partial charge < -0.3 is 9.47 Å². The SMILES string of the molecule is CCCC1=NN2C(=N)/C(=C/c3ccc(OCCBr)c(OCC)c3)C(=O)N=C2S1. The van der Waals surface area contributed by atoms with Crippen LogP contribution in [0.5, 0.6) is 11.5 Å². The minimum Gasteiger partial charge on any atom is -0.490 e. The fourth-order valence-electron chi connectivity index (χ4n) is 2.66. The van der Waals surface area contributed by atoms with E-state index in [1.165, 1.54) is 16.8 Å². The second-order valence-corrected chi connectivity index (χ2v) is 7.77. The van der Waals surface area contributed by atoms with Gasteiger partial charge in [-0.05, 0) is 55.3 Å². The maximum atomic E-state index is 12.5. The summed E-state index contributed by atoms with van der Waals surface area (Å²) in [5.41, 5.74) is 0.924. The van der Waals surface area contributed by atoms with Gasteiger partial charge in [0.05, 0.1) is 18.8 Å². The summed E-state index contributed by atoms with van der Waals surface area (Å²) in [7, 11) is 0. The summed E-state index contributed by atoms with van der Waals surface area (Å²) in [6.45, 7) is 4.97. The van der Waals surface area contributed by atoms with Crippen molar-refractivity contribution < 1.29 is 14.3 Å². The third kappa shape index (κ3) is 4.47. The van der Waals surface area contributed by atoms with Crippen molar-refractivity contribution in [2.45, 2.75) is 26.7 Å². The first-order valence-electron chi connectivity index (χ1n) is 9.02. The van der Waals surface area contributed by atoms with E-state index in [0.717, 1.165) is 23.4 Å². The first kappa shape index (κ1) is 20.6. The number of benzene rings is 1. The molecule has 0 fully saturated rings. The molecule has 2 heterocycles. The first-order valence-corrected chi connectivity index (χ1v) is 11.0. The molecule has 0 aromatic heterocycles. The van der Waals surface area contributed by atoms with Crippen molar-refractivity contribution in [3.05, 3.63) is 29.3 Å². The summed E-state index contributed by atoms with van der Waals surface area (Å²) in [4.78, 5) is 16.6. The lowest BCUT2D eigenvalue weighted by Crippen LogP contribution is -2.35. The van der Waals surface area contributed by atoms with Gasteiger partial charge in [0.15, 0.2) is 17.3 Å². The number of hydrazone groups is 1. The number of amidine groups is 2. The van der Waals surface area contributed by atoms with Crippen LogP contribution in [0.2, 0.25) is 0 Å². The lowest BCUT2D eigenvalue weighted by molar-refractivity contribution is -0.114. The monoisotopic (exact) mass is 464 g/mol. The minimum atomic E-state index is -0.436. The number of nitrogens with zero attached hydrogens (tertiary/aromatic N) is 3. The molecule has 0 unspecified atom stereocenters. The molecule has 1 aromatic rings. The molecule has 0 radical (unpaired) electrons. The molecule has 3 rings (SSSR count). The summed E-state index contributed by atoms with van der Waals surface area (Å²) in [6, 6.07) is 5.42. The molecule has 9 heteroatoms. The number of hydrogen-bond donors (Lipinski definition) is 1. The highest BCUT2D eigenvalue weighted by Gasteiger charge is 2.35. The van der Waals surface area contributed by atoms with Gasteiger partial charge in [0.2, 0.25) is 5.17 Å². The van der Waals surface area contributed by atoms with E-state index < -0.39 is 5.91 Å². The maximum absolute atomic E-state index is 12.5. The summed E-state index contributed by atoms with van der Waals surface area (Å²) in [5.74, 6) is 0.829.